The number of nitrogens with zero attached hydrogens (tertiary/aromatic N) is 1. The molecule has 0 aliphatic carbocycles. The van der Waals surface area contributed by atoms with Gasteiger partial charge in [0.15, 0.2) is 11.5 Å². The number of nitrogens with one attached hydrogen (secondary N) is 1. The van der Waals surface area contributed by atoms with Crippen molar-refractivity contribution in [2.45, 2.75) is 27.4 Å². The van der Waals surface area contributed by atoms with Gasteiger partial charge in [-0.1, -0.05) is 35.9 Å². The van der Waals surface area contributed by atoms with Gasteiger partial charge >= 0.3 is 0 Å². The van der Waals surface area contributed by atoms with Gasteiger partial charge in [-0.15, -0.1) is 0 Å². The van der Waals surface area contributed by atoms with E-state index in [4.69, 9.17) is 21.1 Å². The summed E-state index contributed by atoms with van der Waals surface area (Å²) in [5.41, 5.74) is 4.21. The lowest BCUT2D eigenvalue weighted by Crippen LogP contribution is -2.14. The third kappa shape index (κ3) is 6.75. The maximum atomic E-state index is 12.8. The number of aryl methyl sites for hydroxylation is 2. The molecule has 0 bridgehead atoms. The van der Waals surface area contributed by atoms with Crippen molar-refractivity contribution < 1.29 is 14.3 Å². The topological polar surface area (TPSA) is 71.3 Å². The molecule has 3 aromatic rings. The molecule has 0 radical (unpaired) electrons. The van der Waals surface area contributed by atoms with Gasteiger partial charge in [-0.05, 0) is 102 Å². The van der Waals surface area contributed by atoms with Crippen LogP contribution in [0.25, 0.3) is 6.08 Å². The van der Waals surface area contributed by atoms with Crippen molar-refractivity contribution in [3.63, 3.8) is 0 Å². The molecule has 34 heavy (non-hydrogen) atoms. The lowest BCUT2D eigenvalue weighted by Gasteiger charge is -2.15. The fourth-order valence-corrected chi connectivity index (χ4v) is 4.23. The number of carbonyl (C=O) groups excluding carboxylic acids is 1. The number of benzene rings is 3. The second-order valence-corrected chi connectivity index (χ2v) is 9.22. The van der Waals surface area contributed by atoms with Crippen molar-refractivity contribution in [2.75, 3.05) is 11.9 Å². The minimum absolute atomic E-state index is 0.00764. The highest BCUT2D eigenvalue weighted by molar-refractivity contribution is 14.1. The van der Waals surface area contributed by atoms with E-state index in [1.807, 2.05) is 75.4 Å². The average molecular weight is 587 g/mol. The number of ether oxygens (including phenoxy) is 2. The van der Waals surface area contributed by atoms with E-state index < -0.39 is 5.91 Å². The maximum Gasteiger partial charge on any atom is 0.266 e. The van der Waals surface area contributed by atoms with Gasteiger partial charge in [0, 0.05) is 10.7 Å². The Bertz CT molecular complexity index is 1280. The van der Waals surface area contributed by atoms with Gasteiger partial charge in [0.2, 0.25) is 0 Å². The number of hydrogen-bond donors (Lipinski definition) is 1. The van der Waals surface area contributed by atoms with Crippen LogP contribution in [0.4, 0.5) is 5.69 Å². The van der Waals surface area contributed by atoms with Crippen molar-refractivity contribution in [3.05, 3.63) is 91.0 Å². The Morgan fingerprint density at radius 2 is 1.94 bits per heavy atom. The number of hydrogen-bond acceptors (Lipinski definition) is 4. The zero-order chi connectivity index (χ0) is 24.7. The first-order valence-corrected chi connectivity index (χ1v) is 12.1. The van der Waals surface area contributed by atoms with E-state index in [-0.39, 0.29) is 5.57 Å². The molecule has 0 atom stereocenters. The molecular weight excluding hydrogens is 563 g/mol. The number of nitriles is 1. The van der Waals surface area contributed by atoms with Crippen molar-refractivity contribution in [1.82, 2.24) is 0 Å². The number of rotatable bonds is 8. The molecule has 0 spiro atoms. The zero-order valence-electron chi connectivity index (χ0n) is 19.1. The minimum atomic E-state index is -0.467. The molecule has 0 heterocycles. The zero-order valence-corrected chi connectivity index (χ0v) is 22.0. The van der Waals surface area contributed by atoms with Crippen LogP contribution in [0, 0.1) is 28.7 Å². The van der Waals surface area contributed by atoms with Gasteiger partial charge in [0.25, 0.3) is 5.91 Å². The van der Waals surface area contributed by atoms with Gasteiger partial charge in [-0.2, -0.15) is 5.26 Å². The minimum Gasteiger partial charge on any atom is -0.490 e. The van der Waals surface area contributed by atoms with Crippen molar-refractivity contribution in [1.29, 1.82) is 5.26 Å². The van der Waals surface area contributed by atoms with Crippen LogP contribution < -0.4 is 14.8 Å². The molecule has 0 aliphatic heterocycles. The SMILES string of the molecule is CCOc1cc(/C=C(\C#N)C(=O)Nc2cc(C)ccc2C)cc(I)c1OCc1cccc(Cl)c1. The summed E-state index contributed by atoms with van der Waals surface area (Å²) in [5, 5.41) is 13.1. The molecule has 174 valence electrons. The summed E-state index contributed by atoms with van der Waals surface area (Å²) in [6.45, 7) is 6.50. The van der Waals surface area contributed by atoms with Crippen molar-refractivity contribution >= 4 is 51.9 Å². The summed E-state index contributed by atoms with van der Waals surface area (Å²) in [4.78, 5) is 12.8. The lowest BCUT2D eigenvalue weighted by atomic mass is 10.1. The molecule has 3 rings (SSSR count). The molecule has 0 aromatic heterocycles. The van der Waals surface area contributed by atoms with E-state index in [0.29, 0.717) is 41.0 Å². The summed E-state index contributed by atoms with van der Waals surface area (Å²) in [5.74, 6) is 0.665. The highest BCUT2D eigenvalue weighted by Gasteiger charge is 2.15. The molecule has 0 saturated carbocycles. The molecule has 1 N–H and O–H groups in total. The van der Waals surface area contributed by atoms with Crippen LogP contribution in [0.15, 0.2) is 60.2 Å². The highest BCUT2D eigenvalue weighted by Crippen LogP contribution is 2.35. The van der Waals surface area contributed by atoms with Gasteiger partial charge < -0.3 is 14.8 Å². The molecular formula is C27H24ClIN2O3. The Balaban J connectivity index is 1.86. The monoisotopic (exact) mass is 586 g/mol. The molecule has 5 nitrogen and oxygen atoms in total. The van der Waals surface area contributed by atoms with Crippen LogP contribution in [0.2, 0.25) is 5.02 Å². The predicted octanol–water partition coefficient (Wildman–Crippen LogP) is 7.08. The van der Waals surface area contributed by atoms with Gasteiger partial charge in [0.1, 0.15) is 18.2 Å². The maximum absolute atomic E-state index is 12.8. The standard InChI is InChI=1S/C27H24ClIN2O3/c1-4-33-25-14-20(13-23(29)26(25)34-16-19-6-5-7-22(28)12-19)11-21(15-30)27(32)31-24-10-17(2)8-9-18(24)3/h5-14H,4,16H2,1-3H3,(H,31,32)/b21-11+. The van der Waals surface area contributed by atoms with Crippen LogP contribution >= 0.6 is 34.2 Å². The van der Waals surface area contributed by atoms with Crippen LogP contribution in [0.1, 0.15) is 29.2 Å². The van der Waals surface area contributed by atoms with Gasteiger partial charge in [-0.3, -0.25) is 4.79 Å². The van der Waals surface area contributed by atoms with Crippen LogP contribution in [-0.4, -0.2) is 12.5 Å². The number of amides is 1. The first-order chi connectivity index (χ1) is 16.3. The molecule has 0 saturated heterocycles. The third-order valence-electron chi connectivity index (χ3n) is 4.92. The van der Waals surface area contributed by atoms with E-state index >= 15 is 0 Å². The van der Waals surface area contributed by atoms with Gasteiger partial charge in [-0.25, -0.2) is 0 Å². The van der Waals surface area contributed by atoms with E-state index in [1.165, 1.54) is 0 Å². The van der Waals surface area contributed by atoms with E-state index in [2.05, 4.69) is 27.9 Å². The van der Waals surface area contributed by atoms with E-state index in [9.17, 15) is 10.1 Å². The Labute approximate surface area is 218 Å². The fourth-order valence-electron chi connectivity index (χ4n) is 3.23. The van der Waals surface area contributed by atoms with Gasteiger partial charge in [0.05, 0.1) is 10.2 Å². The van der Waals surface area contributed by atoms with E-state index in [0.717, 1.165) is 20.3 Å². The normalized spacial score (nSPS) is 11.0. The molecule has 0 unspecified atom stereocenters. The lowest BCUT2D eigenvalue weighted by molar-refractivity contribution is -0.112. The van der Waals surface area contributed by atoms with Crippen molar-refractivity contribution in [3.8, 4) is 17.6 Å². The Morgan fingerprint density at radius 3 is 2.65 bits per heavy atom. The molecule has 0 aliphatic rings. The highest BCUT2D eigenvalue weighted by atomic mass is 127. The summed E-state index contributed by atoms with van der Waals surface area (Å²) >= 11 is 8.23. The summed E-state index contributed by atoms with van der Waals surface area (Å²) in [6.07, 6.45) is 1.55. The molecule has 7 heteroatoms. The average Bonchev–Trinajstić information content (AvgIpc) is 2.79. The Morgan fingerprint density at radius 1 is 1.15 bits per heavy atom. The summed E-state index contributed by atoms with van der Waals surface area (Å²) in [6, 6.07) is 18.9. The number of halogens is 2. The summed E-state index contributed by atoms with van der Waals surface area (Å²) < 4.78 is 12.6. The van der Waals surface area contributed by atoms with Crippen LogP contribution in [0.3, 0.4) is 0 Å². The molecule has 0 fully saturated rings. The van der Waals surface area contributed by atoms with Crippen LogP contribution in [0.5, 0.6) is 11.5 Å². The van der Waals surface area contributed by atoms with Crippen LogP contribution in [-0.2, 0) is 11.4 Å². The first kappa shape index (κ1) is 25.6. The Kier molecular flexibility index (Phi) is 8.97. The van der Waals surface area contributed by atoms with E-state index in [1.54, 1.807) is 12.1 Å². The number of carbonyl (C=O) groups is 1. The largest absolute Gasteiger partial charge is 0.490 e. The number of anilines is 1. The first-order valence-electron chi connectivity index (χ1n) is 10.6. The molecule has 3 aromatic carbocycles. The second-order valence-electron chi connectivity index (χ2n) is 7.62. The quantitative estimate of drug-likeness (QED) is 0.174. The second kappa shape index (κ2) is 11.9. The smallest absolute Gasteiger partial charge is 0.266 e. The summed E-state index contributed by atoms with van der Waals surface area (Å²) in [7, 11) is 0. The third-order valence-corrected chi connectivity index (χ3v) is 5.96. The molecule has 1 amide bonds. The Hall–Kier alpha value is -3.02. The van der Waals surface area contributed by atoms with Crippen molar-refractivity contribution in [2.24, 2.45) is 0 Å². The predicted molar refractivity (Wildman–Crippen MR) is 144 cm³/mol. The fraction of sp³-hybridized carbons (Fsp3) is 0.185.